The van der Waals surface area contributed by atoms with E-state index < -0.39 is 0 Å². The van der Waals surface area contributed by atoms with Gasteiger partial charge in [0.05, 0.1) is 14.2 Å². The summed E-state index contributed by atoms with van der Waals surface area (Å²) in [5.41, 5.74) is 1.90. The van der Waals surface area contributed by atoms with Gasteiger partial charge in [-0.25, -0.2) is 0 Å². The maximum atomic E-state index is 12.6. The molecule has 3 aromatic rings. The number of ether oxygens (including phenoxy) is 2. The molecule has 4 rings (SSSR count). The van der Waals surface area contributed by atoms with Crippen LogP contribution in [0.2, 0.25) is 0 Å². The summed E-state index contributed by atoms with van der Waals surface area (Å²) in [4.78, 5) is 17.0. The van der Waals surface area contributed by atoms with Gasteiger partial charge in [0.25, 0.3) is 5.91 Å². The first-order chi connectivity index (χ1) is 13.2. The van der Waals surface area contributed by atoms with Gasteiger partial charge in [-0.3, -0.25) is 4.79 Å². The Morgan fingerprint density at radius 3 is 2.67 bits per heavy atom. The molecule has 7 nitrogen and oxygen atoms in total. The number of hydrogen-bond acceptors (Lipinski definition) is 6. The van der Waals surface area contributed by atoms with Gasteiger partial charge in [-0.2, -0.15) is 4.98 Å². The molecule has 7 heteroatoms. The third-order valence-corrected chi connectivity index (χ3v) is 4.39. The van der Waals surface area contributed by atoms with Crippen molar-refractivity contribution in [3.8, 4) is 22.9 Å². The zero-order valence-corrected chi connectivity index (χ0v) is 15.1. The van der Waals surface area contributed by atoms with E-state index >= 15 is 0 Å². The third kappa shape index (κ3) is 3.62. The molecule has 2 aromatic carbocycles. The van der Waals surface area contributed by atoms with Gasteiger partial charge in [0.2, 0.25) is 11.7 Å². The summed E-state index contributed by atoms with van der Waals surface area (Å²) < 4.78 is 15.8. The highest BCUT2D eigenvalue weighted by atomic mass is 16.5. The Morgan fingerprint density at radius 1 is 1.11 bits per heavy atom. The van der Waals surface area contributed by atoms with Crippen molar-refractivity contribution in [2.75, 3.05) is 19.5 Å². The van der Waals surface area contributed by atoms with Crippen LogP contribution in [0.4, 0.5) is 5.69 Å². The molecule has 1 aliphatic rings. The van der Waals surface area contributed by atoms with Crippen LogP contribution in [-0.2, 0) is 0 Å². The van der Waals surface area contributed by atoms with Crippen molar-refractivity contribution in [3.63, 3.8) is 0 Å². The lowest BCUT2D eigenvalue weighted by Crippen LogP contribution is -2.12. The number of nitrogens with zero attached hydrogens (tertiary/aromatic N) is 2. The van der Waals surface area contributed by atoms with E-state index in [0.717, 1.165) is 18.4 Å². The van der Waals surface area contributed by atoms with E-state index in [9.17, 15) is 4.79 Å². The van der Waals surface area contributed by atoms with Crippen molar-refractivity contribution in [2.24, 2.45) is 0 Å². The predicted molar refractivity (Wildman–Crippen MR) is 99.2 cm³/mol. The molecule has 0 radical (unpaired) electrons. The topological polar surface area (TPSA) is 86.5 Å². The molecular formula is C20H19N3O4. The summed E-state index contributed by atoms with van der Waals surface area (Å²) >= 11 is 0. The molecule has 1 N–H and O–H groups in total. The Kier molecular flexibility index (Phi) is 4.50. The van der Waals surface area contributed by atoms with Crippen molar-refractivity contribution in [2.45, 2.75) is 18.8 Å². The SMILES string of the molecule is COc1ccc(C(=O)Nc2cccc(-c3noc(C4CC4)n3)c2)cc1OC. The summed E-state index contributed by atoms with van der Waals surface area (Å²) in [6.07, 6.45) is 2.20. The van der Waals surface area contributed by atoms with Gasteiger partial charge >= 0.3 is 0 Å². The van der Waals surface area contributed by atoms with Gasteiger partial charge in [0.15, 0.2) is 11.5 Å². The van der Waals surface area contributed by atoms with Crippen molar-refractivity contribution in [1.29, 1.82) is 0 Å². The van der Waals surface area contributed by atoms with Crippen LogP contribution in [0.15, 0.2) is 47.0 Å². The van der Waals surface area contributed by atoms with Crippen LogP contribution in [0.5, 0.6) is 11.5 Å². The second-order valence-electron chi connectivity index (χ2n) is 6.34. The molecule has 0 bridgehead atoms. The van der Waals surface area contributed by atoms with Gasteiger partial charge in [0, 0.05) is 22.7 Å². The Balaban J connectivity index is 1.53. The second kappa shape index (κ2) is 7.11. The quantitative estimate of drug-likeness (QED) is 0.713. The summed E-state index contributed by atoms with van der Waals surface area (Å²) in [5.74, 6) is 2.43. The number of amides is 1. The lowest BCUT2D eigenvalue weighted by atomic mass is 10.1. The number of aromatic nitrogens is 2. The van der Waals surface area contributed by atoms with E-state index in [2.05, 4.69) is 15.5 Å². The van der Waals surface area contributed by atoms with Gasteiger partial charge in [0.1, 0.15) is 0 Å². The minimum Gasteiger partial charge on any atom is -0.493 e. The van der Waals surface area contributed by atoms with E-state index in [-0.39, 0.29) is 5.91 Å². The highest BCUT2D eigenvalue weighted by Gasteiger charge is 2.29. The monoisotopic (exact) mass is 365 g/mol. The normalized spacial score (nSPS) is 13.3. The predicted octanol–water partition coefficient (Wildman–Crippen LogP) is 3.88. The summed E-state index contributed by atoms with van der Waals surface area (Å²) in [6.45, 7) is 0. The average Bonchev–Trinajstić information content (AvgIpc) is 3.44. The minimum absolute atomic E-state index is 0.250. The summed E-state index contributed by atoms with van der Waals surface area (Å²) in [7, 11) is 3.08. The summed E-state index contributed by atoms with van der Waals surface area (Å²) in [6, 6.07) is 12.4. The Hall–Kier alpha value is -3.35. The van der Waals surface area contributed by atoms with Gasteiger partial charge < -0.3 is 19.3 Å². The molecule has 1 amide bonds. The third-order valence-electron chi connectivity index (χ3n) is 4.39. The van der Waals surface area contributed by atoms with Crippen LogP contribution >= 0.6 is 0 Å². The van der Waals surface area contributed by atoms with E-state index in [1.54, 1.807) is 25.3 Å². The molecule has 27 heavy (non-hydrogen) atoms. The Morgan fingerprint density at radius 2 is 1.93 bits per heavy atom. The number of anilines is 1. The largest absolute Gasteiger partial charge is 0.493 e. The molecule has 0 aliphatic heterocycles. The number of benzene rings is 2. The zero-order chi connectivity index (χ0) is 18.8. The molecule has 0 unspecified atom stereocenters. The number of carbonyl (C=O) groups excluding carboxylic acids is 1. The zero-order valence-electron chi connectivity index (χ0n) is 15.1. The molecule has 1 saturated carbocycles. The van der Waals surface area contributed by atoms with Crippen LogP contribution in [0, 0.1) is 0 Å². The van der Waals surface area contributed by atoms with Crippen LogP contribution in [0.1, 0.15) is 35.0 Å². The van der Waals surface area contributed by atoms with Gasteiger partial charge in [-0.1, -0.05) is 17.3 Å². The van der Waals surface area contributed by atoms with Crippen molar-refractivity contribution < 1.29 is 18.8 Å². The Bertz CT molecular complexity index is 979. The number of nitrogens with one attached hydrogen (secondary N) is 1. The van der Waals surface area contributed by atoms with Crippen molar-refractivity contribution in [3.05, 3.63) is 53.9 Å². The maximum absolute atomic E-state index is 12.6. The van der Waals surface area contributed by atoms with E-state index in [4.69, 9.17) is 14.0 Å². The van der Waals surface area contributed by atoms with Gasteiger partial charge in [-0.15, -0.1) is 0 Å². The first-order valence-corrected chi connectivity index (χ1v) is 8.65. The van der Waals surface area contributed by atoms with Crippen molar-refractivity contribution in [1.82, 2.24) is 10.1 Å². The van der Waals surface area contributed by atoms with Gasteiger partial charge in [-0.05, 0) is 43.2 Å². The van der Waals surface area contributed by atoms with Crippen molar-refractivity contribution >= 4 is 11.6 Å². The smallest absolute Gasteiger partial charge is 0.255 e. The summed E-state index contributed by atoms with van der Waals surface area (Å²) in [5, 5.41) is 6.92. The fourth-order valence-corrected chi connectivity index (χ4v) is 2.77. The first-order valence-electron chi connectivity index (χ1n) is 8.65. The van der Waals surface area contributed by atoms with Crippen LogP contribution in [0.3, 0.4) is 0 Å². The molecule has 1 aliphatic carbocycles. The number of methoxy groups -OCH3 is 2. The first kappa shape index (κ1) is 17.1. The van der Waals surface area contributed by atoms with Crippen LogP contribution < -0.4 is 14.8 Å². The molecule has 0 spiro atoms. The van der Waals surface area contributed by atoms with Crippen LogP contribution in [-0.4, -0.2) is 30.3 Å². The fraction of sp³-hybridized carbons (Fsp3) is 0.250. The minimum atomic E-state index is -0.250. The molecular weight excluding hydrogens is 346 g/mol. The van der Waals surface area contributed by atoms with Crippen LogP contribution in [0.25, 0.3) is 11.4 Å². The lowest BCUT2D eigenvalue weighted by molar-refractivity contribution is 0.102. The number of hydrogen-bond donors (Lipinski definition) is 1. The lowest BCUT2D eigenvalue weighted by Gasteiger charge is -2.10. The molecule has 138 valence electrons. The number of rotatable bonds is 6. The van der Waals surface area contributed by atoms with E-state index in [0.29, 0.717) is 40.4 Å². The molecule has 1 heterocycles. The standard InChI is InChI=1S/C20H19N3O4/c1-25-16-9-8-14(11-17(16)26-2)19(24)21-15-5-3-4-13(10-15)18-22-20(27-23-18)12-6-7-12/h3-5,8-12H,6-7H2,1-2H3,(H,21,24). The van der Waals surface area contributed by atoms with E-state index in [1.165, 1.54) is 7.11 Å². The maximum Gasteiger partial charge on any atom is 0.255 e. The Labute approximate surface area is 156 Å². The van der Waals surface area contributed by atoms with E-state index in [1.807, 2.05) is 24.3 Å². The second-order valence-corrected chi connectivity index (χ2v) is 6.34. The molecule has 0 saturated heterocycles. The molecule has 1 aromatic heterocycles. The highest BCUT2D eigenvalue weighted by Crippen LogP contribution is 2.39. The molecule has 0 atom stereocenters. The molecule has 1 fully saturated rings. The average molecular weight is 365 g/mol. The number of carbonyl (C=O) groups is 1. The highest BCUT2D eigenvalue weighted by molar-refractivity contribution is 6.04. The fourth-order valence-electron chi connectivity index (χ4n) is 2.77.